The van der Waals surface area contributed by atoms with Crippen molar-refractivity contribution in [3.63, 3.8) is 0 Å². The van der Waals surface area contributed by atoms with Gasteiger partial charge in [0.25, 0.3) is 0 Å². The maximum atomic E-state index is 11.2. The summed E-state index contributed by atoms with van der Waals surface area (Å²) in [5.74, 6) is 1.56. The molecule has 30 heavy (non-hydrogen) atoms. The lowest BCUT2D eigenvalue weighted by atomic mass is 9.43. The molecule has 1 saturated heterocycles. The fourth-order valence-corrected chi connectivity index (χ4v) is 9.33. The monoisotopic (exact) mass is 422 g/mol. The molecule has 8 unspecified atom stereocenters. The van der Waals surface area contributed by atoms with Crippen molar-refractivity contribution in [1.29, 1.82) is 0 Å². The smallest absolute Gasteiger partial charge is 0.173 e. The summed E-state index contributed by atoms with van der Waals surface area (Å²) in [4.78, 5) is 0. The van der Waals surface area contributed by atoms with Gasteiger partial charge in [0.15, 0.2) is 11.6 Å². The lowest BCUT2D eigenvalue weighted by Crippen LogP contribution is -2.62. The van der Waals surface area contributed by atoms with Crippen LogP contribution in [-0.2, 0) is 18.9 Å². The van der Waals surface area contributed by atoms with E-state index in [0.717, 1.165) is 45.3 Å². The maximum absolute atomic E-state index is 11.2. The largest absolute Gasteiger partial charge is 0.393 e. The molecule has 5 fully saturated rings. The molecule has 1 spiro atoms. The Bertz CT molecular complexity index is 645. The van der Waals surface area contributed by atoms with Crippen LogP contribution < -0.4 is 0 Å². The molecule has 0 aromatic rings. The molecule has 5 aliphatic rings. The molecule has 0 aromatic heterocycles. The Morgan fingerprint density at radius 1 is 1.00 bits per heavy atom. The van der Waals surface area contributed by atoms with Crippen molar-refractivity contribution in [3.05, 3.63) is 0 Å². The number of aliphatic hydroxyl groups excluding tert-OH is 1. The van der Waals surface area contributed by atoms with Crippen LogP contribution in [-0.4, -0.2) is 49.7 Å². The predicted molar refractivity (Wildman–Crippen MR) is 114 cm³/mol. The Kier molecular flexibility index (Phi) is 5.35. The number of hydrogen-bond acceptors (Lipinski definition) is 5. The Labute approximate surface area is 182 Å². The molecule has 5 nitrogen and oxygen atoms in total. The summed E-state index contributed by atoms with van der Waals surface area (Å²) >= 11 is 0. The van der Waals surface area contributed by atoms with Crippen molar-refractivity contribution in [3.8, 4) is 0 Å². The van der Waals surface area contributed by atoms with E-state index >= 15 is 0 Å². The van der Waals surface area contributed by atoms with Crippen molar-refractivity contribution in [2.45, 2.75) is 96.2 Å². The van der Waals surface area contributed by atoms with E-state index in [4.69, 9.17) is 18.9 Å². The highest BCUT2D eigenvalue weighted by Crippen LogP contribution is 2.70. The van der Waals surface area contributed by atoms with Crippen LogP contribution in [0.4, 0.5) is 0 Å². The first kappa shape index (κ1) is 21.6. The zero-order chi connectivity index (χ0) is 21.2. The van der Waals surface area contributed by atoms with Crippen LogP contribution in [0, 0.1) is 34.5 Å². The van der Waals surface area contributed by atoms with Gasteiger partial charge in [-0.25, -0.2) is 0 Å². The van der Waals surface area contributed by atoms with Crippen LogP contribution in [0.5, 0.6) is 0 Å². The molecule has 0 amide bonds. The van der Waals surface area contributed by atoms with Gasteiger partial charge in [-0.1, -0.05) is 6.92 Å². The van der Waals surface area contributed by atoms with Gasteiger partial charge < -0.3 is 24.1 Å². The van der Waals surface area contributed by atoms with Gasteiger partial charge >= 0.3 is 0 Å². The molecule has 172 valence electrons. The minimum atomic E-state index is -0.436. The Morgan fingerprint density at radius 3 is 2.40 bits per heavy atom. The van der Waals surface area contributed by atoms with Crippen LogP contribution in [0.1, 0.15) is 78.6 Å². The molecule has 1 heterocycles. The van der Waals surface area contributed by atoms with E-state index in [2.05, 4.69) is 20.8 Å². The van der Waals surface area contributed by atoms with Crippen LogP contribution in [0.3, 0.4) is 0 Å². The predicted octanol–water partition coefficient (Wildman–Crippen LogP) is 4.51. The quantitative estimate of drug-likeness (QED) is 0.676. The summed E-state index contributed by atoms with van der Waals surface area (Å²) in [6.07, 6.45) is 9.57. The zero-order valence-corrected chi connectivity index (χ0v) is 19.5. The van der Waals surface area contributed by atoms with Gasteiger partial charge in [-0.3, -0.25) is 0 Å². The van der Waals surface area contributed by atoms with E-state index in [9.17, 15) is 5.11 Å². The summed E-state index contributed by atoms with van der Waals surface area (Å²) in [6, 6.07) is 0. The van der Waals surface area contributed by atoms with Gasteiger partial charge in [0, 0.05) is 43.8 Å². The minimum Gasteiger partial charge on any atom is -0.393 e. The molecular formula is C25H42O5. The Morgan fingerprint density at radius 2 is 1.73 bits per heavy atom. The molecule has 0 bridgehead atoms. The molecule has 4 saturated carbocycles. The van der Waals surface area contributed by atoms with Crippen molar-refractivity contribution in [2.75, 3.05) is 26.9 Å². The highest BCUT2D eigenvalue weighted by molar-refractivity contribution is 5.14. The third-order valence-electron chi connectivity index (χ3n) is 10.6. The Balaban J connectivity index is 1.45. The van der Waals surface area contributed by atoms with E-state index in [1.54, 1.807) is 0 Å². The number of aliphatic hydroxyl groups is 1. The second kappa shape index (κ2) is 7.41. The number of fused-ring (bicyclic) bond motifs is 5. The first-order chi connectivity index (χ1) is 14.4. The fraction of sp³-hybridized carbons (Fsp3) is 1.00. The first-order valence-corrected chi connectivity index (χ1v) is 12.5. The highest BCUT2D eigenvalue weighted by atomic mass is 16.7. The van der Waals surface area contributed by atoms with Crippen LogP contribution in [0.25, 0.3) is 0 Å². The van der Waals surface area contributed by atoms with E-state index in [1.807, 2.05) is 7.11 Å². The molecule has 0 radical (unpaired) electrons. The summed E-state index contributed by atoms with van der Waals surface area (Å²) < 4.78 is 24.7. The Hall–Kier alpha value is -0.200. The number of rotatable bonds is 4. The molecular weight excluding hydrogens is 380 g/mol. The topological polar surface area (TPSA) is 57.2 Å². The maximum Gasteiger partial charge on any atom is 0.173 e. The molecule has 1 N–H and O–H groups in total. The van der Waals surface area contributed by atoms with Gasteiger partial charge in [0.2, 0.25) is 0 Å². The van der Waals surface area contributed by atoms with Crippen molar-refractivity contribution < 1.29 is 24.1 Å². The third kappa shape index (κ3) is 2.71. The minimum absolute atomic E-state index is 0.00867. The molecule has 4 aliphatic carbocycles. The number of methoxy groups -OCH3 is 1. The molecule has 0 aromatic carbocycles. The van der Waals surface area contributed by atoms with Crippen LogP contribution >= 0.6 is 0 Å². The second-order valence-corrected chi connectivity index (χ2v) is 11.1. The van der Waals surface area contributed by atoms with Crippen molar-refractivity contribution >= 4 is 0 Å². The van der Waals surface area contributed by atoms with E-state index in [0.29, 0.717) is 30.3 Å². The summed E-state index contributed by atoms with van der Waals surface area (Å²) in [5.41, 5.74) is 0.0773. The van der Waals surface area contributed by atoms with Crippen LogP contribution in [0.15, 0.2) is 0 Å². The van der Waals surface area contributed by atoms with E-state index in [1.165, 1.54) is 25.7 Å². The lowest BCUT2D eigenvalue weighted by Gasteiger charge is -2.64. The summed E-state index contributed by atoms with van der Waals surface area (Å²) in [5, 5.41) is 11.2. The lowest BCUT2D eigenvalue weighted by molar-refractivity contribution is -0.297. The SMILES string of the molecule is CCOC1(OC)CCC2C3CCC4CC5(CCC4(C(C)O)C3CCC21C)OCCO5. The summed E-state index contributed by atoms with van der Waals surface area (Å²) in [6.45, 7) is 8.71. The third-order valence-corrected chi connectivity index (χ3v) is 10.6. The zero-order valence-electron chi connectivity index (χ0n) is 19.5. The average Bonchev–Trinajstić information content (AvgIpc) is 3.30. The average molecular weight is 423 g/mol. The number of hydrogen-bond donors (Lipinski definition) is 1. The standard InChI is InChI=1S/C25H42O5/c1-5-28-25(27-4)11-9-20-19-7-6-18-16-23(29-14-15-30-23)12-13-24(18,17(2)26)21(19)8-10-22(20,25)3/h17-21,26H,5-16H2,1-4H3. The van der Waals surface area contributed by atoms with Gasteiger partial charge in [-0.2, -0.15) is 0 Å². The molecule has 5 heteroatoms. The molecule has 5 rings (SSSR count). The van der Waals surface area contributed by atoms with E-state index in [-0.39, 0.29) is 22.7 Å². The second-order valence-electron chi connectivity index (χ2n) is 11.1. The van der Waals surface area contributed by atoms with Gasteiger partial charge in [-0.05, 0) is 76.0 Å². The van der Waals surface area contributed by atoms with E-state index < -0.39 is 5.79 Å². The fourth-order valence-electron chi connectivity index (χ4n) is 9.33. The molecule has 8 atom stereocenters. The molecule has 1 aliphatic heterocycles. The van der Waals surface area contributed by atoms with Crippen molar-refractivity contribution in [2.24, 2.45) is 34.5 Å². The van der Waals surface area contributed by atoms with Gasteiger partial charge in [-0.15, -0.1) is 0 Å². The summed E-state index contributed by atoms with van der Waals surface area (Å²) in [7, 11) is 1.84. The van der Waals surface area contributed by atoms with Gasteiger partial charge in [0.1, 0.15) is 0 Å². The first-order valence-electron chi connectivity index (χ1n) is 12.5. The highest BCUT2D eigenvalue weighted by Gasteiger charge is 2.68. The number of ether oxygens (including phenoxy) is 4. The van der Waals surface area contributed by atoms with Gasteiger partial charge in [0.05, 0.1) is 19.3 Å². The van der Waals surface area contributed by atoms with Crippen molar-refractivity contribution in [1.82, 2.24) is 0 Å². The normalized spacial score (nSPS) is 50.7. The van der Waals surface area contributed by atoms with Crippen LogP contribution in [0.2, 0.25) is 0 Å².